The van der Waals surface area contributed by atoms with Crippen molar-refractivity contribution in [3.05, 3.63) is 60.0 Å². The van der Waals surface area contributed by atoms with E-state index in [2.05, 4.69) is 46.1 Å². The van der Waals surface area contributed by atoms with E-state index in [9.17, 15) is 0 Å². The highest BCUT2D eigenvalue weighted by Crippen LogP contribution is 2.27. The van der Waals surface area contributed by atoms with Gasteiger partial charge in [0.15, 0.2) is 5.82 Å². The number of nitrogens with one attached hydrogen (secondary N) is 1. The van der Waals surface area contributed by atoms with Crippen molar-refractivity contribution in [2.24, 2.45) is 5.73 Å². The molecule has 0 fully saturated rings. The van der Waals surface area contributed by atoms with Crippen LogP contribution in [0.3, 0.4) is 0 Å². The quantitative estimate of drug-likeness (QED) is 0.505. The summed E-state index contributed by atoms with van der Waals surface area (Å²) in [4.78, 5) is 12.8. The Balaban J connectivity index is 2.05. The Morgan fingerprint density at radius 3 is 2.50 bits per heavy atom. The van der Waals surface area contributed by atoms with E-state index in [4.69, 9.17) is 16.9 Å². The van der Waals surface area contributed by atoms with Crippen LogP contribution in [0.25, 0.3) is 22.5 Å². The predicted molar refractivity (Wildman–Crippen MR) is 95.5 cm³/mol. The molecule has 0 atom stereocenters. The lowest BCUT2D eigenvalue weighted by molar-refractivity contribution is 1.14. The van der Waals surface area contributed by atoms with E-state index in [-0.39, 0.29) is 5.84 Å². The lowest BCUT2D eigenvalue weighted by Gasteiger charge is -2.08. The molecule has 0 unspecified atom stereocenters. The average molecular weight is 318 g/mol. The van der Waals surface area contributed by atoms with Crippen LogP contribution in [0, 0.1) is 5.41 Å². The first kappa shape index (κ1) is 15.6. The molecule has 0 aliphatic heterocycles. The molecular formula is C18H18N6. The van der Waals surface area contributed by atoms with Gasteiger partial charge >= 0.3 is 0 Å². The summed E-state index contributed by atoms with van der Waals surface area (Å²) in [5, 5.41) is 7.50. The second kappa shape index (κ2) is 6.45. The van der Waals surface area contributed by atoms with Gasteiger partial charge in [-0.25, -0.2) is 15.0 Å². The van der Waals surface area contributed by atoms with Crippen molar-refractivity contribution < 1.29 is 0 Å². The highest BCUT2D eigenvalue weighted by Gasteiger charge is 2.11. The fourth-order valence-corrected chi connectivity index (χ4v) is 2.38. The molecule has 0 bridgehead atoms. The summed E-state index contributed by atoms with van der Waals surface area (Å²) in [7, 11) is 0. The fourth-order valence-electron chi connectivity index (χ4n) is 2.38. The second-order valence-corrected chi connectivity index (χ2v) is 5.39. The molecule has 6 nitrogen and oxygen atoms in total. The maximum atomic E-state index is 7.50. The molecule has 3 aromatic rings. The van der Waals surface area contributed by atoms with Crippen LogP contribution in [0.5, 0.6) is 0 Å². The number of hydrogen-bond acceptors (Lipinski definition) is 5. The van der Waals surface area contributed by atoms with E-state index < -0.39 is 0 Å². The van der Waals surface area contributed by atoms with Gasteiger partial charge in [0, 0.05) is 18.0 Å². The van der Waals surface area contributed by atoms with Crippen LogP contribution < -0.4 is 11.5 Å². The lowest BCUT2D eigenvalue weighted by Crippen LogP contribution is -2.14. The third-order valence-corrected chi connectivity index (χ3v) is 3.79. The third kappa shape index (κ3) is 3.08. The van der Waals surface area contributed by atoms with Gasteiger partial charge in [-0.1, -0.05) is 31.2 Å². The SMILES string of the molecule is CCc1ccc(-c2cnc(N)c(-c3nccc(C(=N)N)n3)c2)cc1. The van der Waals surface area contributed by atoms with E-state index in [1.165, 1.54) is 5.56 Å². The molecule has 0 aliphatic rings. The van der Waals surface area contributed by atoms with Crippen LogP contribution in [0.15, 0.2) is 48.8 Å². The monoisotopic (exact) mass is 318 g/mol. The summed E-state index contributed by atoms with van der Waals surface area (Å²) in [6, 6.07) is 11.8. The van der Waals surface area contributed by atoms with E-state index in [0.717, 1.165) is 17.5 Å². The average Bonchev–Trinajstić information content (AvgIpc) is 2.62. The number of nitrogens with zero attached hydrogens (tertiary/aromatic N) is 3. The molecule has 0 radical (unpaired) electrons. The van der Waals surface area contributed by atoms with Gasteiger partial charge in [0.2, 0.25) is 0 Å². The Labute approximate surface area is 140 Å². The molecule has 1 aromatic carbocycles. The number of amidine groups is 1. The van der Waals surface area contributed by atoms with Gasteiger partial charge in [-0.15, -0.1) is 0 Å². The standard InChI is InChI=1S/C18H18N6/c1-2-11-3-5-12(6-4-11)13-9-14(17(21)23-10-13)18-22-8-7-15(24-18)16(19)20/h3-10H,2H2,1H3,(H3,19,20)(H2,21,23). The van der Waals surface area contributed by atoms with Gasteiger partial charge < -0.3 is 11.5 Å². The van der Waals surface area contributed by atoms with E-state index >= 15 is 0 Å². The Bertz CT molecular complexity index is 886. The Hall–Kier alpha value is -3.28. The number of pyridine rings is 1. The first-order valence-electron chi connectivity index (χ1n) is 7.61. The van der Waals surface area contributed by atoms with Crippen LogP contribution >= 0.6 is 0 Å². The molecule has 0 aliphatic carbocycles. The van der Waals surface area contributed by atoms with Gasteiger partial charge in [-0.05, 0) is 29.7 Å². The van der Waals surface area contributed by atoms with Crippen LogP contribution in [0.4, 0.5) is 5.82 Å². The smallest absolute Gasteiger partial charge is 0.163 e. The fraction of sp³-hybridized carbons (Fsp3) is 0.111. The minimum absolute atomic E-state index is 0.114. The minimum atomic E-state index is -0.114. The number of rotatable bonds is 4. The predicted octanol–water partition coefficient (Wildman–Crippen LogP) is 2.63. The van der Waals surface area contributed by atoms with Gasteiger partial charge in [-0.2, -0.15) is 0 Å². The molecule has 3 rings (SSSR count). The molecule has 2 aromatic heterocycles. The number of aryl methyl sites for hydroxylation is 1. The highest BCUT2D eigenvalue weighted by molar-refractivity contribution is 5.93. The Kier molecular flexibility index (Phi) is 4.20. The number of nitrogen functional groups attached to an aromatic ring is 2. The summed E-state index contributed by atoms with van der Waals surface area (Å²) in [6.45, 7) is 2.12. The second-order valence-electron chi connectivity index (χ2n) is 5.39. The molecule has 5 N–H and O–H groups in total. The van der Waals surface area contributed by atoms with Crippen molar-refractivity contribution in [2.75, 3.05) is 5.73 Å². The number of benzene rings is 1. The molecule has 120 valence electrons. The zero-order chi connectivity index (χ0) is 17.1. The van der Waals surface area contributed by atoms with E-state index in [1.807, 2.05) is 6.07 Å². The Morgan fingerprint density at radius 1 is 1.08 bits per heavy atom. The maximum absolute atomic E-state index is 7.50. The summed E-state index contributed by atoms with van der Waals surface area (Å²) in [5.74, 6) is 0.626. The number of nitrogens with two attached hydrogens (primary N) is 2. The minimum Gasteiger partial charge on any atom is -0.383 e. The van der Waals surface area contributed by atoms with E-state index in [0.29, 0.717) is 22.9 Å². The molecule has 0 saturated heterocycles. The van der Waals surface area contributed by atoms with Gasteiger partial charge in [-0.3, -0.25) is 5.41 Å². The first-order valence-corrected chi connectivity index (χ1v) is 7.61. The zero-order valence-corrected chi connectivity index (χ0v) is 13.3. The third-order valence-electron chi connectivity index (χ3n) is 3.79. The summed E-state index contributed by atoms with van der Waals surface area (Å²) in [6.07, 6.45) is 4.28. The van der Waals surface area contributed by atoms with E-state index in [1.54, 1.807) is 18.5 Å². The Morgan fingerprint density at radius 2 is 1.83 bits per heavy atom. The van der Waals surface area contributed by atoms with Gasteiger partial charge in [0.1, 0.15) is 17.3 Å². The first-order chi connectivity index (χ1) is 11.6. The van der Waals surface area contributed by atoms with Gasteiger partial charge in [0.25, 0.3) is 0 Å². The number of anilines is 1. The van der Waals surface area contributed by atoms with Crippen molar-refractivity contribution >= 4 is 11.7 Å². The molecule has 24 heavy (non-hydrogen) atoms. The molecule has 0 saturated carbocycles. The summed E-state index contributed by atoms with van der Waals surface area (Å²) >= 11 is 0. The van der Waals surface area contributed by atoms with Crippen molar-refractivity contribution in [1.82, 2.24) is 15.0 Å². The van der Waals surface area contributed by atoms with Crippen molar-refractivity contribution in [1.29, 1.82) is 5.41 Å². The summed E-state index contributed by atoms with van der Waals surface area (Å²) < 4.78 is 0. The maximum Gasteiger partial charge on any atom is 0.163 e. The molecule has 6 heteroatoms. The van der Waals surface area contributed by atoms with Crippen LogP contribution in [-0.2, 0) is 6.42 Å². The number of aromatic nitrogens is 3. The normalized spacial score (nSPS) is 10.5. The molecule has 0 amide bonds. The van der Waals surface area contributed by atoms with Crippen molar-refractivity contribution in [2.45, 2.75) is 13.3 Å². The van der Waals surface area contributed by atoms with Crippen molar-refractivity contribution in [3.63, 3.8) is 0 Å². The van der Waals surface area contributed by atoms with Crippen LogP contribution in [0.2, 0.25) is 0 Å². The largest absolute Gasteiger partial charge is 0.383 e. The van der Waals surface area contributed by atoms with Crippen LogP contribution in [0.1, 0.15) is 18.2 Å². The lowest BCUT2D eigenvalue weighted by atomic mass is 10.0. The highest BCUT2D eigenvalue weighted by atomic mass is 14.9. The summed E-state index contributed by atoms with van der Waals surface area (Å²) in [5.41, 5.74) is 15.7. The molecular weight excluding hydrogens is 300 g/mol. The van der Waals surface area contributed by atoms with Crippen LogP contribution in [-0.4, -0.2) is 20.8 Å². The molecule has 0 spiro atoms. The molecule has 2 heterocycles. The van der Waals surface area contributed by atoms with Gasteiger partial charge in [0.05, 0.1) is 5.56 Å². The zero-order valence-electron chi connectivity index (χ0n) is 13.3. The van der Waals surface area contributed by atoms with Crippen molar-refractivity contribution in [3.8, 4) is 22.5 Å². The number of hydrogen-bond donors (Lipinski definition) is 3. The topological polar surface area (TPSA) is 115 Å².